The smallest absolute Gasteiger partial charge is 0.0570 e. The highest BCUT2D eigenvalue weighted by molar-refractivity contribution is 4.99. The molecule has 1 N–H and O–H groups in total. The maximum Gasteiger partial charge on any atom is 0.0570 e. The Hall–Kier alpha value is -0.0800. The molecule has 3 aliphatic rings. The van der Waals surface area contributed by atoms with Crippen molar-refractivity contribution in [2.45, 2.75) is 82.5 Å². The standard InChI is InChI=1S/C14H25NO/c1-10-3-2-4-11(7-10)15-12-5-6-13(15)9-14(16)8-12/h10-14,16H,2-9H2,1H3. The minimum atomic E-state index is -0.00485. The van der Waals surface area contributed by atoms with E-state index >= 15 is 0 Å². The van der Waals surface area contributed by atoms with Gasteiger partial charge in [-0.05, 0) is 44.4 Å². The molecular formula is C14H25NO. The van der Waals surface area contributed by atoms with Gasteiger partial charge in [-0.3, -0.25) is 4.90 Å². The molecule has 2 aliphatic heterocycles. The van der Waals surface area contributed by atoms with Crippen LogP contribution in [0.2, 0.25) is 0 Å². The summed E-state index contributed by atoms with van der Waals surface area (Å²) in [6.45, 7) is 2.41. The Labute approximate surface area is 99.0 Å². The number of hydrogen-bond acceptors (Lipinski definition) is 2. The third-order valence-electron chi connectivity index (χ3n) is 5.10. The van der Waals surface area contributed by atoms with Crippen LogP contribution in [-0.4, -0.2) is 34.2 Å². The molecule has 4 unspecified atom stereocenters. The molecule has 0 radical (unpaired) electrons. The summed E-state index contributed by atoms with van der Waals surface area (Å²) in [5.74, 6) is 0.921. The lowest BCUT2D eigenvalue weighted by Gasteiger charge is -2.45. The number of piperidine rings is 1. The predicted octanol–water partition coefficient (Wildman–Crippen LogP) is 2.55. The van der Waals surface area contributed by atoms with E-state index in [4.69, 9.17) is 0 Å². The lowest BCUT2D eigenvalue weighted by Crippen LogP contribution is -2.51. The summed E-state index contributed by atoms with van der Waals surface area (Å²) in [5, 5.41) is 9.83. The second-order valence-corrected chi connectivity index (χ2v) is 6.38. The van der Waals surface area contributed by atoms with Crippen LogP contribution in [0.5, 0.6) is 0 Å². The van der Waals surface area contributed by atoms with Gasteiger partial charge >= 0.3 is 0 Å². The number of aliphatic hydroxyl groups excluding tert-OH is 1. The second-order valence-electron chi connectivity index (χ2n) is 6.38. The average molecular weight is 223 g/mol. The van der Waals surface area contributed by atoms with E-state index in [2.05, 4.69) is 11.8 Å². The summed E-state index contributed by atoms with van der Waals surface area (Å²) < 4.78 is 0. The van der Waals surface area contributed by atoms with E-state index in [1.165, 1.54) is 38.5 Å². The van der Waals surface area contributed by atoms with E-state index in [9.17, 15) is 5.11 Å². The molecule has 0 aromatic carbocycles. The van der Waals surface area contributed by atoms with E-state index in [0.29, 0.717) is 12.1 Å². The Kier molecular flexibility index (Phi) is 2.97. The minimum Gasteiger partial charge on any atom is -0.393 e. The van der Waals surface area contributed by atoms with Crippen LogP contribution in [0, 0.1) is 5.92 Å². The molecule has 0 amide bonds. The summed E-state index contributed by atoms with van der Waals surface area (Å²) in [4.78, 5) is 2.81. The van der Waals surface area contributed by atoms with Crippen LogP contribution in [-0.2, 0) is 0 Å². The number of rotatable bonds is 1. The largest absolute Gasteiger partial charge is 0.393 e. The van der Waals surface area contributed by atoms with Gasteiger partial charge in [0.1, 0.15) is 0 Å². The molecule has 4 atom stereocenters. The number of fused-ring (bicyclic) bond motifs is 2. The molecule has 0 aromatic rings. The zero-order chi connectivity index (χ0) is 11.1. The van der Waals surface area contributed by atoms with Gasteiger partial charge < -0.3 is 5.11 Å². The quantitative estimate of drug-likeness (QED) is 0.738. The highest BCUT2D eigenvalue weighted by Crippen LogP contribution is 2.41. The van der Waals surface area contributed by atoms with Crippen LogP contribution in [0.3, 0.4) is 0 Å². The Balaban J connectivity index is 1.70. The zero-order valence-corrected chi connectivity index (χ0v) is 10.4. The summed E-state index contributed by atoms with van der Waals surface area (Å²) in [5.41, 5.74) is 0. The van der Waals surface area contributed by atoms with Gasteiger partial charge in [-0.25, -0.2) is 0 Å². The van der Waals surface area contributed by atoms with Crippen molar-refractivity contribution in [3.8, 4) is 0 Å². The topological polar surface area (TPSA) is 23.5 Å². The average Bonchev–Trinajstić information content (AvgIpc) is 2.51. The van der Waals surface area contributed by atoms with Gasteiger partial charge in [0.25, 0.3) is 0 Å². The van der Waals surface area contributed by atoms with Gasteiger partial charge in [0, 0.05) is 18.1 Å². The van der Waals surface area contributed by atoms with Gasteiger partial charge in [-0.2, -0.15) is 0 Å². The maximum absolute atomic E-state index is 9.83. The number of hydrogen-bond donors (Lipinski definition) is 1. The molecule has 0 spiro atoms. The molecule has 16 heavy (non-hydrogen) atoms. The summed E-state index contributed by atoms with van der Waals surface area (Å²) in [7, 11) is 0. The molecule has 1 saturated carbocycles. The van der Waals surface area contributed by atoms with Crippen molar-refractivity contribution in [1.82, 2.24) is 4.90 Å². The van der Waals surface area contributed by atoms with Gasteiger partial charge in [0.2, 0.25) is 0 Å². The number of nitrogens with zero attached hydrogens (tertiary/aromatic N) is 1. The zero-order valence-electron chi connectivity index (χ0n) is 10.4. The van der Waals surface area contributed by atoms with Crippen LogP contribution < -0.4 is 0 Å². The molecule has 0 aromatic heterocycles. The van der Waals surface area contributed by atoms with E-state index in [1.54, 1.807) is 0 Å². The SMILES string of the molecule is CC1CCCC(N2C3CCC2CC(O)C3)C1. The molecule has 2 nitrogen and oxygen atoms in total. The van der Waals surface area contributed by atoms with Crippen LogP contribution in [0.25, 0.3) is 0 Å². The minimum absolute atomic E-state index is 0.00485. The molecule has 2 heteroatoms. The second kappa shape index (κ2) is 4.30. The number of aliphatic hydroxyl groups is 1. The van der Waals surface area contributed by atoms with E-state index in [-0.39, 0.29) is 6.10 Å². The fourth-order valence-electron chi connectivity index (χ4n) is 4.45. The van der Waals surface area contributed by atoms with Crippen LogP contribution in [0.1, 0.15) is 58.3 Å². The first-order valence-corrected chi connectivity index (χ1v) is 7.19. The van der Waals surface area contributed by atoms with Crippen LogP contribution >= 0.6 is 0 Å². The Morgan fingerprint density at radius 3 is 2.12 bits per heavy atom. The van der Waals surface area contributed by atoms with E-state index in [0.717, 1.165) is 24.8 Å². The first-order valence-electron chi connectivity index (χ1n) is 7.19. The normalized spacial score (nSPS) is 49.5. The first-order chi connectivity index (χ1) is 7.74. The Morgan fingerprint density at radius 2 is 1.50 bits per heavy atom. The first kappa shape index (κ1) is 11.0. The molecular weight excluding hydrogens is 198 g/mol. The van der Waals surface area contributed by atoms with Crippen LogP contribution in [0.15, 0.2) is 0 Å². The van der Waals surface area contributed by atoms with Crippen molar-refractivity contribution in [3.63, 3.8) is 0 Å². The van der Waals surface area contributed by atoms with Crippen LogP contribution in [0.4, 0.5) is 0 Å². The predicted molar refractivity (Wildman–Crippen MR) is 65.3 cm³/mol. The van der Waals surface area contributed by atoms with E-state index in [1.807, 2.05) is 0 Å². The summed E-state index contributed by atoms with van der Waals surface area (Å²) in [6, 6.07) is 2.27. The van der Waals surface area contributed by atoms with Crippen molar-refractivity contribution in [1.29, 1.82) is 0 Å². The van der Waals surface area contributed by atoms with Crippen molar-refractivity contribution in [2.24, 2.45) is 5.92 Å². The molecule has 3 fully saturated rings. The van der Waals surface area contributed by atoms with Gasteiger partial charge in [-0.15, -0.1) is 0 Å². The summed E-state index contributed by atoms with van der Waals surface area (Å²) in [6.07, 6.45) is 10.4. The monoisotopic (exact) mass is 223 g/mol. The van der Waals surface area contributed by atoms with Crippen molar-refractivity contribution < 1.29 is 5.11 Å². The van der Waals surface area contributed by atoms with Crippen molar-refractivity contribution in [2.75, 3.05) is 0 Å². The lowest BCUT2D eigenvalue weighted by molar-refractivity contribution is -0.00440. The lowest BCUT2D eigenvalue weighted by atomic mass is 9.84. The molecule has 2 heterocycles. The fraction of sp³-hybridized carbons (Fsp3) is 1.00. The molecule has 3 rings (SSSR count). The van der Waals surface area contributed by atoms with Gasteiger partial charge in [0.05, 0.1) is 6.10 Å². The fourth-order valence-corrected chi connectivity index (χ4v) is 4.45. The Bertz CT molecular complexity index is 241. The molecule has 2 bridgehead atoms. The van der Waals surface area contributed by atoms with Crippen molar-refractivity contribution >= 4 is 0 Å². The third kappa shape index (κ3) is 1.91. The van der Waals surface area contributed by atoms with Gasteiger partial charge in [-0.1, -0.05) is 19.8 Å². The van der Waals surface area contributed by atoms with Crippen molar-refractivity contribution in [3.05, 3.63) is 0 Å². The maximum atomic E-state index is 9.83. The summed E-state index contributed by atoms with van der Waals surface area (Å²) >= 11 is 0. The van der Waals surface area contributed by atoms with Gasteiger partial charge in [0.15, 0.2) is 0 Å². The molecule has 1 aliphatic carbocycles. The molecule has 92 valence electrons. The molecule has 2 saturated heterocycles. The van der Waals surface area contributed by atoms with E-state index < -0.39 is 0 Å². The third-order valence-corrected chi connectivity index (χ3v) is 5.10. The Morgan fingerprint density at radius 1 is 0.875 bits per heavy atom. The highest BCUT2D eigenvalue weighted by atomic mass is 16.3. The highest BCUT2D eigenvalue weighted by Gasteiger charge is 2.43.